The summed E-state index contributed by atoms with van der Waals surface area (Å²) in [6.45, 7) is 0. The number of furan rings is 1. The van der Waals surface area contributed by atoms with Crippen LogP contribution in [-0.2, 0) is 0 Å². The first kappa shape index (κ1) is 24.4. The lowest BCUT2D eigenvalue weighted by atomic mass is 9.85. The highest BCUT2D eigenvalue weighted by molar-refractivity contribution is 6.21. The van der Waals surface area contributed by atoms with Crippen LogP contribution in [0.5, 0.6) is 0 Å². The SMILES string of the molecule is [2H]c1c([2H])c([2H])c(-c2c3ccccc3c(-c3ccc4cc(-c5ccc6oc(-c7ccccc7)c(-c7ccccc7)c6c5)ccc4c3)c3ccccc23)c([2H])c1[2H]. The highest BCUT2D eigenvalue weighted by Crippen LogP contribution is 2.45. The van der Waals surface area contributed by atoms with E-state index in [0.29, 0.717) is 5.56 Å². The van der Waals surface area contributed by atoms with Crippen molar-refractivity contribution in [1.82, 2.24) is 0 Å². The molecule has 0 radical (unpaired) electrons. The quantitative estimate of drug-likeness (QED) is 0.169. The first-order chi connectivity index (χ1) is 27.4. The van der Waals surface area contributed by atoms with Crippen LogP contribution in [0.2, 0.25) is 0 Å². The van der Waals surface area contributed by atoms with Crippen LogP contribution in [0.3, 0.4) is 0 Å². The second-order valence-electron chi connectivity index (χ2n) is 12.9. The molecule has 0 bridgehead atoms. The Hall–Kier alpha value is -6.70. The second kappa shape index (κ2) is 12.0. The highest BCUT2D eigenvalue weighted by Gasteiger charge is 2.19. The normalized spacial score (nSPS) is 12.9. The van der Waals surface area contributed by atoms with Crippen molar-refractivity contribution in [3.05, 3.63) is 194 Å². The third-order valence-corrected chi connectivity index (χ3v) is 9.93. The molecular weight excluding hydrogens is 617 g/mol. The van der Waals surface area contributed by atoms with Gasteiger partial charge in [0.1, 0.15) is 11.3 Å². The Kier molecular flexibility index (Phi) is 5.76. The van der Waals surface area contributed by atoms with E-state index in [-0.39, 0.29) is 29.7 Å². The van der Waals surface area contributed by atoms with Gasteiger partial charge in [-0.1, -0.05) is 170 Å². The predicted molar refractivity (Wildman–Crippen MR) is 216 cm³/mol. The molecule has 0 saturated carbocycles. The zero-order chi connectivity index (χ0) is 38.1. The van der Waals surface area contributed by atoms with Gasteiger partial charge in [0.2, 0.25) is 0 Å². The lowest BCUT2D eigenvalue weighted by Crippen LogP contribution is -1.90. The standard InChI is InChI=1S/C50H32O/c1-4-14-33(15-5-1)47-41-20-10-12-22-43(41)48(44-23-13-11-21-42(44)47)40-27-26-36-30-37(24-25-38(36)31-40)39-28-29-46-45(32-39)49(34-16-6-2-7-17-34)50(51-46)35-18-8-3-9-19-35/h1-32H/i1D,4D,5D,14D,15D. The van der Waals surface area contributed by atoms with Gasteiger partial charge < -0.3 is 4.42 Å². The van der Waals surface area contributed by atoms with Crippen LogP contribution in [0.1, 0.15) is 6.85 Å². The highest BCUT2D eigenvalue weighted by atomic mass is 16.3. The first-order valence-electron chi connectivity index (χ1n) is 19.6. The lowest BCUT2D eigenvalue weighted by Gasteiger charge is -2.18. The molecule has 0 spiro atoms. The van der Waals surface area contributed by atoms with Crippen LogP contribution in [0.15, 0.2) is 198 Å². The van der Waals surface area contributed by atoms with E-state index in [9.17, 15) is 0 Å². The van der Waals surface area contributed by atoms with Gasteiger partial charge >= 0.3 is 0 Å². The molecule has 9 aromatic carbocycles. The van der Waals surface area contributed by atoms with E-state index >= 15 is 0 Å². The molecule has 1 heteroatoms. The van der Waals surface area contributed by atoms with Crippen molar-refractivity contribution in [3.63, 3.8) is 0 Å². The van der Waals surface area contributed by atoms with Crippen LogP contribution >= 0.6 is 0 Å². The zero-order valence-electron chi connectivity index (χ0n) is 32.5. The maximum atomic E-state index is 8.86. The van der Waals surface area contributed by atoms with Gasteiger partial charge in [-0.15, -0.1) is 0 Å². The summed E-state index contributed by atoms with van der Waals surface area (Å²) in [4.78, 5) is 0. The van der Waals surface area contributed by atoms with Gasteiger partial charge in [-0.05, 0) is 95.5 Å². The summed E-state index contributed by atoms with van der Waals surface area (Å²) in [5.41, 5.74) is 9.19. The Morgan fingerprint density at radius 1 is 0.333 bits per heavy atom. The number of hydrogen-bond donors (Lipinski definition) is 0. The summed E-state index contributed by atoms with van der Waals surface area (Å²) in [7, 11) is 0. The Balaban J connectivity index is 1.12. The van der Waals surface area contributed by atoms with E-state index < -0.39 is 6.04 Å². The summed E-state index contributed by atoms with van der Waals surface area (Å²) in [6.07, 6.45) is 0. The summed E-state index contributed by atoms with van der Waals surface area (Å²) in [6, 6.07) is 54.7. The molecule has 0 N–H and O–H groups in total. The molecule has 0 atom stereocenters. The zero-order valence-corrected chi connectivity index (χ0v) is 27.5. The number of benzene rings is 9. The third kappa shape index (κ3) is 4.94. The molecule has 0 aliphatic carbocycles. The van der Waals surface area contributed by atoms with Crippen molar-refractivity contribution in [1.29, 1.82) is 0 Å². The molecule has 1 heterocycles. The van der Waals surface area contributed by atoms with E-state index in [1.54, 1.807) is 0 Å². The second-order valence-corrected chi connectivity index (χ2v) is 12.9. The molecule has 0 aliphatic heterocycles. The molecule has 10 rings (SSSR count). The molecule has 0 amide bonds. The number of rotatable bonds is 5. The minimum atomic E-state index is -0.399. The van der Waals surface area contributed by atoms with Crippen LogP contribution in [-0.4, -0.2) is 0 Å². The molecule has 1 nitrogen and oxygen atoms in total. The van der Waals surface area contributed by atoms with Crippen LogP contribution in [0, 0.1) is 0 Å². The fraction of sp³-hybridized carbons (Fsp3) is 0. The van der Waals surface area contributed by atoms with E-state index in [2.05, 4.69) is 103 Å². The maximum Gasteiger partial charge on any atom is 0.143 e. The van der Waals surface area contributed by atoms with Gasteiger partial charge in [0.05, 0.1) is 6.85 Å². The fourth-order valence-corrected chi connectivity index (χ4v) is 7.63. The molecule has 10 aromatic rings. The first-order valence-corrected chi connectivity index (χ1v) is 17.1. The Morgan fingerprint density at radius 3 is 1.45 bits per heavy atom. The van der Waals surface area contributed by atoms with Crippen LogP contribution in [0.25, 0.3) is 99.1 Å². The van der Waals surface area contributed by atoms with Gasteiger partial charge in [0.15, 0.2) is 0 Å². The van der Waals surface area contributed by atoms with Crippen molar-refractivity contribution >= 4 is 43.3 Å². The largest absolute Gasteiger partial charge is 0.455 e. The minimum absolute atomic E-state index is 0.208. The monoisotopic (exact) mass is 653 g/mol. The summed E-state index contributed by atoms with van der Waals surface area (Å²) < 4.78 is 49.3. The Morgan fingerprint density at radius 2 is 0.824 bits per heavy atom. The van der Waals surface area contributed by atoms with Crippen molar-refractivity contribution < 1.29 is 11.3 Å². The average molecular weight is 654 g/mol. The van der Waals surface area contributed by atoms with Crippen LogP contribution < -0.4 is 0 Å². The molecule has 0 unspecified atom stereocenters. The van der Waals surface area contributed by atoms with E-state index in [0.717, 1.165) is 88.0 Å². The number of hydrogen-bond acceptors (Lipinski definition) is 1. The molecular formula is C50H32O. The van der Waals surface area contributed by atoms with Crippen molar-refractivity contribution in [2.75, 3.05) is 0 Å². The average Bonchev–Trinajstić information content (AvgIpc) is 3.64. The van der Waals surface area contributed by atoms with E-state index in [1.165, 1.54) is 0 Å². The summed E-state index contributed by atoms with van der Waals surface area (Å²) in [5.74, 6) is 0.858. The third-order valence-electron chi connectivity index (χ3n) is 9.93. The Labute approximate surface area is 303 Å². The summed E-state index contributed by atoms with van der Waals surface area (Å²) in [5, 5.41) is 6.81. The molecule has 238 valence electrons. The van der Waals surface area contributed by atoms with Gasteiger partial charge in [-0.25, -0.2) is 0 Å². The molecule has 0 saturated heterocycles. The lowest BCUT2D eigenvalue weighted by molar-refractivity contribution is 0.632. The van der Waals surface area contributed by atoms with Gasteiger partial charge in [0.25, 0.3) is 0 Å². The molecule has 0 aliphatic rings. The minimum Gasteiger partial charge on any atom is -0.455 e. The Bertz CT molecular complexity index is 3100. The fourth-order valence-electron chi connectivity index (χ4n) is 7.63. The number of fused-ring (bicyclic) bond motifs is 4. The molecule has 51 heavy (non-hydrogen) atoms. The molecule has 1 aromatic heterocycles. The van der Waals surface area contributed by atoms with Crippen molar-refractivity contribution in [2.45, 2.75) is 0 Å². The van der Waals surface area contributed by atoms with Crippen molar-refractivity contribution in [3.8, 4) is 55.8 Å². The predicted octanol–water partition coefficient (Wildman–Crippen LogP) is 14.2. The van der Waals surface area contributed by atoms with Gasteiger partial charge in [0, 0.05) is 16.5 Å². The smallest absolute Gasteiger partial charge is 0.143 e. The van der Waals surface area contributed by atoms with Crippen LogP contribution in [0.4, 0.5) is 0 Å². The van der Waals surface area contributed by atoms with Gasteiger partial charge in [-0.2, -0.15) is 0 Å². The van der Waals surface area contributed by atoms with Crippen molar-refractivity contribution in [2.24, 2.45) is 0 Å². The summed E-state index contributed by atoms with van der Waals surface area (Å²) >= 11 is 0. The topological polar surface area (TPSA) is 13.1 Å². The van der Waals surface area contributed by atoms with Gasteiger partial charge in [-0.3, -0.25) is 0 Å². The molecule has 0 fully saturated rings. The van der Waals surface area contributed by atoms with E-state index in [4.69, 9.17) is 11.3 Å². The maximum absolute atomic E-state index is 8.86. The van der Waals surface area contributed by atoms with E-state index in [1.807, 2.05) is 60.7 Å².